The number of aryl methyl sites for hydroxylation is 2. The van der Waals surface area contributed by atoms with Gasteiger partial charge in [0.2, 0.25) is 5.91 Å². The lowest BCUT2D eigenvalue weighted by atomic mass is 10.1. The van der Waals surface area contributed by atoms with Crippen molar-refractivity contribution in [3.05, 3.63) is 95.1 Å². The van der Waals surface area contributed by atoms with Gasteiger partial charge in [-0.25, -0.2) is 4.68 Å². The third kappa shape index (κ3) is 5.78. The summed E-state index contributed by atoms with van der Waals surface area (Å²) in [7, 11) is 3.35. The topological polar surface area (TPSA) is 82.6 Å². The molecule has 0 saturated carbocycles. The number of amides is 1. The molecule has 8 nitrogen and oxygen atoms in total. The fourth-order valence-electron chi connectivity index (χ4n) is 3.58. The van der Waals surface area contributed by atoms with Crippen LogP contribution < -0.4 is 9.47 Å². The average molecular weight is 473 g/mol. The number of likely N-dealkylation sites (N-methyl/N-ethyl adjacent to an activating group) is 1. The smallest absolute Gasteiger partial charge is 0.246 e. The molecular weight excluding hydrogens is 444 g/mol. The van der Waals surface area contributed by atoms with Gasteiger partial charge in [-0.15, -0.1) is 0 Å². The van der Waals surface area contributed by atoms with Gasteiger partial charge in [-0.1, -0.05) is 29.4 Å². The van der Waals surface area contributed by atoms with Crippen molar-refractivity contribution >= 4 is 12.0 Å². The predicted molar refractivity (Wildman–Crippen MR) is 132 cm³/mol. The van der Waals surface area contributed by atoms with E-state index in [9.17, 15) is 4.79 Å². The first-order valence-electron chi connectivity index (χ1n) is 11.2. The first-order chi connectivity index (χ1) is 16.9. The Kier molecular flexibility index (Phi) is 7.30. The highest BCUT2D eigenvalue weighted by atomic mass is 16.5. The highest BCUT2D eigenvalue weighted by Gasteiger charge is 2.12. The largest absolute Gasteiger partial charge is 0.493 e. The van der Waals surface area contributed by atoms with Crippen LogP contribution in [0, 0.1) is 13.8 Å². The number of ether oxygens (including phenoxy) is 2. The summed E-state index contributed by atoms with van der Waals surface area (Å²) >= 11 is 0. The Labute approximate surface area is 204 Å². The lowest BCUT2D eigenvalue weighted by molar-refractivity contribution is -0.125. The van der Waals surface area contributed by atoms with E-state index in [2.05, 4.69) is 10.3 Å². The first-order valence-corrected chi connectivity index (χ1v) is 11.2. The fourth-order valence-corrected chi connectivity index (χ4v) is 3.58. The summed E-state index contributed by atoms with van der Waals surface area (Å²) in [5.74, 6) is 1.79. The summed E-state index contributed by atoms with van der Waals surface area (Å²) < 4.78 is 18.4. The van der Waals surface area contributed by atoms with E-state index in [4.69, 9.17) is 14.0 Å². The minimum Gasteiger partial charge on any atom is -0.493 e. The van der Waals surface area contributed by atoms with Crippen molar-refractivity contribution in [2.75, 3.05) is 14.2 Å². The van der Waals surface area contributed by atoms with Crippen molar-refractivity contribution < 1.29 is 18.8 Å². The van der Waals surface area contributed by atoms with Gasteiger partial charge in [-0.05, 0) is 49.8 Å². The predicted octanol–water partition coefficient (Wildman–Crippen LogP) is 4.74. The molecule has 0 atom stereocenters. The third-order valence-electron chi connectivity index (χ3n) is 5.61. The maximum Gasteiger partial charge on any atom is 0.246 e. The fraction of sp³-hybridized carbons (Fsp3) is 0.222. The summed E-state index contributed by atoms with van der Waals surface area (Å²) in [6.45, 7) is 4.52. The van der Waals surface area contributed by atoms with E-state index < -0.39 is 0 Å². The zero-order valence-corrected chi connectivity index (χ0v) is 20.3. The Morgan fingerprint density at radius 1 is 1.14 bits per heavy atom. The van der Waals surface area contributed by atoms with Crippen LogP contribution in [0.5, 0.6) is 11.5 Å². The van der Waals surface area contributed by atoms with Gasteiger partial charge in [0.05, 0.1) is 30.3 Å². The number of methoxy groups -OCH3 is 1. The number of carbonyl (C=O) groups excluding carboxylic acids is 1. The summed E-state index contributed by atoms with van der Waals surface area (Å²) in [6, 6.07) is 15.4. The Hall–Kier alpha value is -4.33. The van der Waals surface area contributed by atoms with E-state index in [1.165, 1.54) is 0 Å². The minimum atomic E-state index is -0.116. The van der Waals surface area contributed by atoms with E-state index in [0.717, 1.165) is 33.8 Å². The maximum atomic E-state index is 12.7. The van der Waals surface area contributed by atoms with Crippen molar-refractivity contribution in [2.24, 2.45) is 0 Å². The summed E-state index contributed by atoms with van der Waals surface area (Å²) in [5, 5.41) is 8.33. The Morgan fingerprint density at radius 2 is 1.94 bits per heavy atom. The van der Waals surface area contributed by atoms with Gasteiger partial charge in [0.1, 0.15) is 12.4 Å². The van der Waals surface area contributed by atoms with E-state index in [1.54, 1.807) is 42.1 Å². The molecular formula is C27H28N4O4. The zero-order chi connectivity index (χ0) is 24.8. The second-order valence-corrected chi connectivity index (χ2v) is 8.16. The molecule has 0 spiro atoms. The van der Waals surface area contributed by atoms with E-state index >= 15 is 0 Å². The molecule has 0 aliphatic carbocycles. The average Bonchev–Trinajstić information content (AvgIpc) is 3.47. The molecule has 0 saturated heterocycles. The number of hydrogen-bond donors (Lipinski definition) is 0. The van der Waals surface area contributed by atoms with E-state index in [-0.39, 0.29) is 5.91 Å². The number of benzene rings is 2. The number of hydrogen-bond acceptors (Lipinski definition) is 6. The van der Waals surface area contributed by atoms with Crippen LogP contribution in [0.2, 0.25) is 0 Å². The molecule has 180 valence electrons. The normalized spacial score (nSPS) is 11.1. The molecule has 0 aliphatic heterocycles. The number of aromatic nitrogens is 3. The second kappa shape index (κ2) is 10.7. The van der Waals surface area contributed by atoms with Crippen LogP contribution >= 0.6 is 0 Å². The highest BCUT2D eigenvalue weighted by molar-refractivity contribution is 5.91. The van der Waals surface area contributed by atoms with Crippen molar-refractivity contribution in [3.8, 4) is 17.2 Å². The molecule has 4 rings (SSSR count). The molecule has 0 bridgehead atoms. The molecule has 35 heavy (non-hydrogen) atoms. The van der Waals surface area contributed by atoms with Gasteiger partial charge in [0.25, 0.3) is 0 Å². The molecule has 8 heteroatoms. The van der Waals surface area contributed by atoms with Crippen molar-refractivity contribution in [1.82, 2.24) is 19.8 Å². The maximum absolute atomic E-state index is 12.7. The van der Waals surface area contributed by atoms with Gasteiger partial charge in [-0.2, -0.15) is 5.10 Å². The Balaban J connectivity index is 1.37. The summed E-state index contributed by atoms with van der Waals surface area (Å²) in [6.07, 6.45) is 7.00. The van der Waals surface area contributed by atoms with Crippen LogP contribution in [-0.2, 0) is 17.9 Å². The summed E-state index contributed by atoms with van der Waals surface area (Å²) in [4.78, 5) is 14.3. The van der Waals surface area contributed by atoms with Crippen LogP contribution in [0.4, 0.5) is 0 Å². The monoisotopic (exact) mass is 472 g/mol. The molecule has 0 radical (unpaired) electrons. The van der Waals surface area contributed by atoms with Crippen LogP contribution in [0.15, 0.2) is 71.5 Å². The number of para-hydroxylation sites is 1. The molecule has 0 N–H and O–H groups in total. The minimum absolute atomic E-state index is 0.116. The van der Waals surface area contributed by atoms with E-state index in [1.807, 2.05) is 68.6 Å². The summed E-state index contributed by atoms with van der Waals surface area (Å²) in [5.41, 5.74) is 4.46. The van der Waals surface area contributed by atoms with Crippen molar-refractivity contribution in [2.45, 2.75) is 27.0 Å². The van der Waals surface area contributed by atoms with Crippen LogP contribution in [0.3, 0.4) is 0 Å². The number of nitrogens with zero attached hydrogens (tertiary/aromatic N) is 4. The SMILES string of the molecule is COc1cc(C=CC(=O)N(C)Cc2cnn(-c3ccccc3)c2)ccc1OCc1c(C)noc1C. The Bertz CT molecular complexity index is 1300. The van der Waals surface area contributed by atoms with Gasteiger partial charge in [0, 0.05) is 31.4 Å². The van der Waals surface area contributed by atoms with Crippen LogP contribution in [0.25, 0.3) is 11.8 Å². The lowest BCUT2D eigenvalue weighted by Gasteiger charge is -2.14. The van der Waals surface area contributed by atoms with Crippen LogP contribution in [0.1, 0.15) is 28.1 Å². The first kappa shape index (κ1) is 23.8. The van der Waals surface area contributed by atoms with E-state index in [0.29, 0.717) is 24.7 Å². The molecule has 2 aromatic carbocycles. The van der Waals surface area contributed by atoms with Gasteiger partial charge < -0.3 is 18.9 Å². The molecule has 2 heterocycles. The molecule has 2 aromatic heterocycles. The Morgan fingerprint density at radius 3 is 2.66 bits per heavy atom. The number of carbonyl (C=O) groups is 1. The molecule has 0 fully saturated rings. The van der Waals surface area contributed by atoms with Crippen molar-refractivity contribution in [1.29, 1.82) is 0 Å². The standard InChI is InChI=1S/C27H28N4O4/c1-19-24(20(2)35-29-19)18-34-25-12-10-21(14-26(25)33-4)11-13-27(32)30(3)16-22-15-28-31(17-22)23-8-6-5-7-9-23/h5-15,17H,16,18H2,1-4H3. The molecule has 4 aromatic rings. The number of rotatable bonds is 9. The van der Waals surface area contributed by atoms with Gasteiger partial charge >= 0.3 is 0 Å². The molecule has 0 aliphatic rings. The van der Waals surface area contributed by atoms with Gasteiger partial charge in [0.15, 0.2) is 11.5 Å². The molecule has 0 unspecified atom stereocenters. The third-order valence-corrected chi connectivity index (χ3v) is 5.61. The highest BCUT2D eigenvalue weighted by Crippen LogP contribution is 2.30. The second-order valence-electron chi connectivity index (χ2n) is 8.16. The quantitative estimate of drug-likeness (QED) is 0.327. The van der Waals surface area contributed by atoms with Gasteiger partial charge in [-0.3, -0.25) is 4.79 Å². The zero-order valence-electron chi connectivity index (χ0n) is 20.3. The molecule has 1 amide bonds. The van der Waals surface area contributed by atoms with Crippen molar-refractivity contribution in [3.63, 3.8) is 0 Å². The lowest BCUT2D eigenvalue weighted by Crippen LogP contribution is -2.23. The van der Waals surface area contributed by atoms with Crippen LogP contribution in [-0.4, -0.2) is 39.9 Å².